The molecular weight excluding hydrogens is 444 g/mol. The summed E-state index contributed by atoms with van der Waals surface area (Å²) in [5, 5.41) is 9.36. The molecule has 0 saturated carbocycles. The fraction of sp³-hybridized carbons (Fsp3) is 0.381. The number of piperazine rings is 1. The number of aliphatic carboxylic acids is 1. The maximum atomic E-state index is 12.5. The van der Waals surface area contributed by atoms with Gasteiger partial charge in [-0.05, 0) is 30.7 Å². The van der Waals surface area contributed by atoms with Gasteiger partial charge in [-0.15, -0.1) is 0 Å². The number of benzene rings is 2. The van der Waals surface area contributed by atoms with E-state index in [2.05, 4.69) is 4.90 Å². The number of ether oxygens (including phenoxy) is 1. The van der Waals surface area contributed by atoms with Crippen LogP contribution in [-0.4, -0.2) is 61.5 Å². The molecule has 3 rings (SSSR count). The molecule has 0 atom stereocenters. The Morgan fingerprint density at radius 3 is 2.42 bits per heavy atom. The zero-order valence-electron chi connectivity index (χ0n) is 17.2. The van der Waals surface area contributed by atoms with Gasteiger partial charge in [0, 0.05) is 43.3 Å². The van der Waals surface area contributed by atoms with Crippen molar-refractivity contribution in [2.24, 2.45) is 0 Å². The van der Waals surface area contributed by atoms with Crippen LogP contribution >= 0.6 is 11.6 Å². The lowest BCUT2D eigenvalue weighted by Gasteiger charge is -2.33. The van der Waals surface area contributed by atoms with Crippen LogP contribution in [0.2, 0.25) is 5.02 Å². The summed E-state index contributed by atoms with van der Waals surface area (Å²) in [5.74, 6) is -0.617. The number of hydrogen-bond acceptors (Lipinski definition) is 6. The summed E-state index contributed by atoms with van der Waals surface area (Å²) in [5.41, 5.74) is 2.64. The fourth-order valence-electron chi connectivity index (χ4n) is 3.21. The Morgan fingerprint density at radius 1 is 1.10 bits per heavy atom. The molecule has 8 nitrogen and oxygen atoms in total. The van der Waals surface area contributed by atoms with Gasteiger partial charge in [0.2, 0.25) is 0 Å². The van der Waals surface area contributed by atoms with E-state index in [1.807, 2.05) is 31.2 Å². The van der Waals surface area contributed by atoms with E-state index in [9.17, 15) is 13.2 Å². The van der Waals surface area contributed by atoms with Crippen LogP contribution in [0.1, 0.15) is 16.7 Å². The smallest absolute Gasteiger partial charge is 0.341 e. The Morgan fingerprint density at radius 2 is 1.77 bits per heavy atom. The minimum atomic E-state index is -3.83. The molecule has 1 fully saturated rings. The van der Waals surface area contributed by atoms with Gasteiger partial charge in [-0.25, -0.2) is 4.79 Å². The van der Waals surface area contributed by atoms with Gasteiger partial charge in [-0.2, -0.15) is 12.7 Å². The van der Waals surface area contributed by atoms with Gasteiger partial charge in [0.05, 0.1) is 6.61 Å². The highest BCUT2D eigenvalue weighted by atomic mass is 35.5. The Kier molecular flexibility index (Phi) is 7.90. The highest BCUT2D eigenvalue weighted by molar-refractivity contribution is 7.84. The highest BCUT2D eigenvalue weighted by Gasteiger charge is 2.28. The third kappa shape index (κ3) is 6.91. The van der Waals surface area contributed by atoms with Crippen LogP contribution in [-0.2, 0) is 32.4 Å². The molecule has 168 valence electrons. The summed E-state index contributed by atoms with van der Waals surface area (Å²) in [6, 6.07) is 12.5. The second kappa shape index (κ2) is 10.4. The first kappa shape index (κ1) is 23.5. The van der Waals surface area contributed by atoms with Gasteiger partial charge in [-0.3, -0.25) is 9.08 Å². The molecule has 0 aliphatic carbocycles. The third-order valence-corrected chi connectivity index (χ3v) is 6.56. The Labute approximate surface area is 187 Å². The first-order valence-corrected chi connectivity index (χ1v) is 11.5. The lowest BCUT2D eigenvalue weighted by molar-refractivity contribution is -0.139. The van der Waals surface area contributed by atoms with Crippen molar-refractivity contribution in [2.75, 3.05) is 32.8 Å². The molecule has 0 unspecified atom stereocenters. The Balaban J connectivity index is 1.55. The molecule has 0 spiro atoms. The normalized spacial score (nSPS) is 15.7. The van der Waals surface area contributed by atoms with Crippen molar-refractivity contribution >= 4 is 27.9 Å². The van der Waals surface area contributed by atoms with E-state index >= 15 is 0 Å². The van der Waals surface area contributed by atoms with Crippen molar-refractivity contribution in [3.8, 4) is 5.75 Å². The molecule has 1 N–H and O–H groups in total. The number of nitrogens with zero attached hydrogens (tertiary/aromatic N) is 2. The van der Waals surface area contributed by atoms with Gasteiger partial charge < -0.3 is 9.84 Å². The number of carboxylic acids is 1. The SMILES string of the molecule is Cc1ccc(COS(=O)(=O)N2CCN(Cc3cc(Cl)ccc3OCC(=O)O)CC2)cc1. The second-order valence-electron chi connectivity index (χ2n) is 7.32. The van der Waals surface area contributed by atoms with Crippen LogP contribution in [0.5, 0.6) is 5.75 Å². The molecule has 2 aromatic rings. The fourth-order valence-corrected chi connectivity index (χ4v) is 4.44. The number of halogens is 1. The van der Waals surface area contributed by atoms with E-state index in [-0.39, 0.29) is 6.61 Å². The first-order chi connectivity index (χ1) is 14.7. The standard InChI is InChI=1S/C21H25ClN2O6S/c1-16-2-4-17(5-3-16)14-30-31(27,28)24-10-8-23(9-11-24)13-18-12-19(22)6-7-20(18)29-15-21(25)26/h2-7,12H,8-11,13-15H2,1H3,(H,25,26). The molecule has 1 aliphatic heterocycles. The molecule has 0 radical (unpaired) electrons. The minimum Gasteiger partial charge on any atom is -0.482 e. The van der Waals surface area contributed by atoms with E-state index in [0.29, 0.717) is 43.5 Å². The maximum absolute atomic E-state index is 12.5. The zero-order chi connectivity index (χ0) is 22.4. The predicted octanol–water partition coefficient (Wildman–Crippen LogP) is 2.69. The van der Waals surface area contributed by atoms with E-state index in [4.69, 9.17) is 25.6 Å². The minimum absolute atomic E-state index is 0.00435. The van der Waals surface area contributed by atoms with Crippen molar-refractivity contribution in [3.63, 3.8) is 0 Å². The predicted molar refractivity (Wildman–Crippen MR) is 116 cm³/mol. The largest absolute Gasteiger partial charge is 0.482 e. The quantitative estimate of drug-likeness (QED) is 0.604. The lowest BCUT2D eigenvalue weighted by atomic mass is 10.1. The number of carbonyl (C=O) groups is 1. The average Bonchev–Trinajstić information content (AvgIpc) is 2.73. The van der Waals surface area contributed by atoms with Gasteiger partial charge >= 0.3 is 16.3 Å². The molecule has 31 heavy (non-hydrogen) atoms. The van der Waals surface area contributed by atoms with Gasteiger partial charge in [0.1, 0.15) is 5.75 Å². The van der Waals surface area contributed by atoms with Crippen molar-refractivity contribution in [2.45, 2.75) is 20.1 Å². The molecular formula is C21H25ClN2O6S. The third-order valence-electron chi connectivity index (χ3n) is 4.91. The lowest BCUT2D eigenvalue weighted by Crippen LogP contribution is -2.48. The Bertz CT molecular complexity index is 1010. The number of hydrogen-bond donors (Lipinski definition) is 1. The van der Waals surface area contributed by atoms with E-state index in [1.165, 1.54) is 4.31 Å². The van der Waals surface area contributed by atoms with Gasteiger partial charge in [0.25, 0.3) is 0 Å². The number of aryl methyl sites for hydroxylation is 1. The van der Waals surface area contributed by atoms with E-state index < -0.39 is 22.9 Å². The molecule has 0 aromatic heterocycles. The first-order valence-electron chi connectivity index (χ1n) is 9.78. The number of rotatable bonds is 9. The topological polar surface area (TPSA) is 96.4 Å². The molecule has 1 aliphatic rings. The summed E-state index contributed by atoms with van der Waals surface area (Å²) in [6.45, 7) is 3.56. The molecule has 10 heteroatoms. The second-order valence-corrected chi connectivity index (χ2v) is 9.36. The van der Waals surface area contributed by atoms with Crippen LogP contribution in [0.15, 0.2) is 42.5 Å². The summed E-state index contributed by atoms with van der Waals surface area (Å²) in [7, 11) is -3.83. The summed E-state index contributed by atoms with van der Waals surface area (Å²) in [4.78, 5) is 12.9. The van der Waals surface area contributed by atoms with Crippen LogP contribution in [0.4, 0.5) is 0 Å². The van der Waals surface area contributed by atoms with Crippen molar-refractivity contribution in [1.29, 1.82) is 0 Å². The average molecular weight is 469 g/mol. The summed E-state index contributed by atoms with van der Waals surface area (Å²) in [6.07, 6.45) is 0. The summed E-state index contributed by atoms with van der Waals surface area (Å²) >= 11 is 6.08. The Hall–Kier alpha value is -2.17. The van der Waals surface area contributed by atoms with Crippen LogP contribution in [0, 0.1) is 6.92 Å². The maximum Gasteiger partial charge on any atom is 0.341 e. The van der Waals surface area contributed by atoms with Crippen molar-refractivity contribution < 1.29 is 27.2 Å². The molecule has 1 heterocycles. The van der Waals surface area contributed by atoms with Crippen molar-refractivity contribution in [1.82, 2.24) is 9.21 Å². The monoisotopic (exact) mass is 468 g/mol. The van der Waals surface area contributed by atoms with E-state index in [0.717, 1.165) is 16.7 Å². The molecule has 0 amide bonds. The van der Waals surface area contributed by atoms with Crippen LogP contribution in [0.3, 0.4) is 0 Å². The van der Waals surface area contributed by atoms with Gasteiger partial charge in [-0.1, -0.05) is 41.4 Å². The van der Waals surface area contributed by atoms with Crippen molar-refractivity contribution in [3.05, 3.63) is 64.2 Å². The zero-order valence-corrected chi connectivity index (χ0v) is 18.7. The molecule has 2 aromatic carbocycles. The van der Waals surface area contributed by atoms with Gasteiger partial charge in [0.15, 0.2) is 6.61 Å². The number of carboxylic acid groups (broad SMARTS) is 1. The van der Waals surface area contributed by atoms with Crippen LogP contribution in [0.25, 0.3) is 0 Å². The molecule has 0 bridgehead atoms. The van der Waals surface area contributed by atoms with Crippen LogP contribution < -0.4 is 4.74 Å². The summed E-state index contributed by atoms with van der Waals surface area (Å²) < 4.78 is 37.0. The highest BCUT2D eigenvalue weighted by Crippen LogP contribution is 2.25. The molecule has 1 saturated heterocycles. The van der Waals surface area contributed by atoms with E-state index in [1.54, 1.807) is 18.2 Å².